The first kappa shape index (κ1) is 10.4. The van der Waals surface area contributed by atoms with Crippen LogP contribution in [-0.2, 0) is 4.74 Å². The van der Waals surface area contributed by atoms with Gasteiger partial charge in [-0.3, -0.25) is 0 Å². The van der Waals surface area contributed by atoms with Crippen LogP contribution in [0.1, 0.15) is 39.5 Å². The molecule has 1 saturated carbocycles. The average molecular weight is 197 g/mol. The van der Waals surface area contributed by atoms with Crippen LogP contribution >= 0.6 is 0 Å². The van der Waals surface area contributed by atoms with Crippen LogP contribution in [0.25, 0.3) is 0 Å². The maximum Gasteiger partial charge on any atom is 0.0588 e. The molecule has 0 radical (unpaired) electrons. The monoisotopic (exact) mass is 197 g/mol. The van der Waals surface area contributed by atoms with Crippen molar-refractivity contribution in [3.05, 3.63) is 0 Å². The smallest absolute Gasteiger partial charge is 0.0588 e. The Kier molecular flexibility index (Phi) is 3.45. The summed E-state index contributed by atoms with van der Waals surface area (Å²) < 4.78 is 5.55. The summed E-state index contributed by atoms with van der Waals surface area (Å²) in [6.07, 6.45) is 6.02. The van der Waals surface area contributed by atoms with Crippen LogP contribution < -0.4 is 5.32 Å². The fourth-order valence-corrected chi connectivity index (χ4v) is 2.33. The van der Waals surface area contributed by atoms with Crippen LogP contribution in [0.4, 0.5) is 0 Å². The number of rotatable bonds is 5. The van der Waals surface area contributed by atoms with Gasteiger partial charge in [0.2, 0.25) is 0 Å². The lowest BCUT2D eigenvalue weighted by Crippen LogP contribution is -2.33. The standard InChI is InChI=1S/C12H23NO/c1-9(7-11-3-4-11)13-8-12-5-6-14-10(12)2/h9-13H,3-8H2,1-2H3. The maximum atomic E-state index is 5.55. The van der Waals surface area contributed by atoms with E-state index >= 15 is 0 Å². The summed E-state index contributed by atoms with van der Waals surface area (Å²) in [4.78, 5) is 0. The van der Waals surface area contributed by atoms with Crippen molar-refractivity contribution in [2.24, 2.45) is 11.8 Å². The Labute approximate surface area is 87.4 Å². The Bertz CT molecular complexity index is 179. The highest BCUT2D eigenvalue weighted by molar-refractivity contribution is 4.80. The number of nitrogens with one attached hydrogen (secondary N) is 1. The fraction of sp³-hybridized carbons (Fsp3) is 1.00. The Morgan fingerprint density at radius 3 is 2.71 bits per heavy atom. The summed E-state index contributed by atoms with van der Waals surface area (Å²) >= 11 is 0. The zero-order valence-corrected chi connectivity index (χ0v) is 9.46. The molecule has 0 bridgehead atoms. The second-order valence-corrected chi connectivity index (χ2v) is 5.11. The van der Waals surface area contributed by atoms with E-state index in [1.54, 1.807) is 0 Å². The summed E-state index contributed by atoms with van der Waals surface area (Å²) in [5.74, 6) is 1.78. The normalized spacial score (nSPS) is 34.7. The summed E-state index contributed by atoms with van der Waals surface area (Å²) in [5.41, 5.74) is 0. The van der Waals surface area contributed by atoms with Crippen molar-refractivity contribution in [1.29, 1.82) is 0 Å². The molecular formula is C12H23NO. The molecule has 3 unspecified atom stereocenters. The lowest BCUT2D eigenvalue weighted by atomic mass is 10.0. The molecule has 0 amide bonds. The van der Waals surface area contributed by atoms with Crippen molar-refractivity contribution in [2.45, 2.75) is 51.7 Å². The molecule has 1 aliphatic carbocycles. The minimum atomic E-state index is 0.468. The largest absolute Gasteiger partial charge is 0.378 e. The van der Waals surface area contributed by atoms with E-state index in [0.29, 0.717) is 12.1 Å². The third-order valence-corrected chi connectivity index (χ3v) is 3.65. The van der Waals surface area contributed by atoms with Gasteiger partial charge in [0.1, 0.15) is 0 Å². The highest BCUT2D eigenvalue weighted by atomic mass is 16.5. The van der Waals surface area contributed by atoms with Crippen molar-refractivity contribution >= 4 is 0 Å². The average Bonchev–Trinajstić information content (AvgIpc) is 2.86. The minimum absolute atomic E-state index is 0.468. The van der Waals surface area contributed by atoms with Gasteiger partial charge in [0, 0.05) is 19.2 Å². The third-order valence-electron chi connectivity index (χ3n) is 3.65. The first-order valence-electron chi connectivity index (χ1n) is 6.10. The molecule has 0 aromatic rings. The molecule has 1 saturated heterocycles. The van der Waals surface area contributed by atoms with Crippen molar-refractivity contribution < 1.29 is 4.74 Å². The number of ether oxygens (including phenoxy) is 1. The van der Waals surface area contributed by atoms with E-state index in [1.807, 2.05) is 0 Å². The second kappa shape index (κ2) is 4.63. The molecule has 0 aromatic carbocycles. The molecule has 2 rings (SSSR count). The summed E-state index contributed by atoms with van der Waals surface area (Å²) in [6, 6.07) is 0.704. The van der Waals surface area contributed by atoms with E-state index in [9.17, 15) is 0 Å². The molecule has 3 atom stereocenters. The molecule has 2 aliphatic rings. The summed E-state index contributed by atoms with van der Waals surface area (Å²) in [7, 11) is 0. The van der Waals surface area contributed by atoms with E-state index in [4.69, 9.17) is 4.74 Å². The van der Waals surface area contributed by atoms with E-state index in [0.717, 1.165) is 25.0 Å². The van der Waals surface area contributed by atoms with Gasteiger partial charge in [0.05, 0.1) is 6.10 Å². The Hall–Kier alpha value is -0.0800. The van der Waals surface area contributed by atoms with Gasteiger partial charge >= 0.3 is 0 Å². The highest BCUT2D eigenvalue weighted by Crippen LogP contribution is 2.33. The first-order chi connectivity index (χ1) is 6.75. The molecule has 1 N–H and O–H groups in total. The molecule has 2 nitrogen and oxygen atoms in total. The van der Waals surface area contributed by atoms with Gasteiger partial charge in [-0.05, 0) is 38.5 Å². The molecule has 1 aliphatic heterocycles. The predicted octanol–water partition coefficient (Wildman–Crippen LogP) is 2.19. The number of hydrogen-bond donors (Lipinski definition) is 1. The number of hydrogen-bond acceptors (Lipinski definition) is 2. The molecule has 82 valence electrons. The summed E-state index contributed by atoms with van der Waals surface area (Å²) in [5, 5.41) is 3.65. The maximum absolute atomic E-state index is 5.55. The van der Waals surface area contributed by atoms with Crippen LogP contribution in [-0.4, -0.2) is 25.3 Å². The lowest BCUT2D eigenvalue weighted by Gasteiger charge is -2.19. The topological polar surface area (TPSA) is 21.3 Å². The van der Waals surface area contributed by atoms with Crippen molar-refractivity contribution in [1.82, 2.24) is 5.32 Å². The second-order valence-electron chi connectivity index (χ2n) is 5.11. The van der Waals surface area contributed by atoms with Crippen LogP contribution in [0.2, 0.25) is 0 Å². The molecular weight excluding hydrogens is 174 g/mol. The van der Waals surface area contributed by atoms with E-state index in [1.165, 1.54) is 25.7 Å². The van der Waals surface area contributed by atoms with Crippen LogP contribution in [0.5, 0.6) is 0 Å². The lowest BCUT2D eigenvalue weighted by molar-refractivity contribution is 0.105. The molecule has 1 heterocycles. The van der Waals surface area contributed by atoms with Crippen LogP contribution in [0.15, 0.2) is 0 Å². The Balaban J connectivity index is 1.60. The zero-order valence-electron chi connectivity index (χ0n) is 9.46. The van der Waals surface area contributed by atoms with E-state index in [2.05, 4.69) is 19.2 Å². The first-order valence-corrected chi connectivity index (χ1v) is 6.10. The van der Waals surface area contributed by atoms with Gasteiger partial charge in [-0.15, -0.1) is 0 Å². The third kappa shape index (κ3) is 2.96. The minimum Gasteiger partial charge on any atom is -0.378 e. The fourth-order valence-electron chi connectivity index (χ4n) is 2.33. The van der Waals surface area contributed by atoms with Gasteiger partial charge in [-0.2, -0.15) is 0 Å². The zero-order chi connectivity index (χ0) is 9.97. The van der Waals surface area contributed by atoms with Gasteiger partial charge in [-0.25, -0.2) is 0 Å². The Morgan fingerprint density at radius 2 is 2.14 bits per heavy atom. The summed E-state index contributed by atoms with van der Waals surface area (Å²) in [6.45, 7) is 6.63. The van der Waals surface area contributed by atoms with Crippen molar-refractivity contribution in [3.8, 4) is 0 Å². The molecule has 0 spiro atoms. The SMILES string of the molecule is CC(CC1CC1)NCC1CCOC1C. The Morgan fingerprint density at radius 1 is 1.36 bits per heavy atom. The predicted molar refractivity (Wildman–Crippen MR) is 58.3 cm³/mol. The van der Waals surface area contributed by atoms with Crippen LogP contribution in [0.3, 0.4) is 0 Å². The van der Waals surface area contributed by atoms with E-state index < -0.39 is 0 Å². The quantitative estimate of drug-likeness (QED) is 0.729. The van der Waals surface area contributed by atoms with Crippen molar-refractivity contribution in [3.63, 3.8) is 0 Å². The molecule has 2 heteroatoms. The molecule has 2 fully saturated rings. The van der Waals surface area contributed by atoms with Crippen LogP contribution in [0, 0.1) is 11.8 Å². The van der Waals surface area contributed by atoms with Gasteiger partial charge in [-0.1, -0.05) is 12.8 Å². The highest BCUT2D eigenvalue weighted by Gasteiger charge is 2.26. The van der Waals surface area contributed by atoms with E-state index in [-0.39, 0.29) is 0 Å². The molecule has 0 aromatic heterocycles. The van der Waals surface area contributed by atoms with Gasteiger partial charge < -0.3 is 10.1 Å². The molecule has 14 heavy (non-hydrogen) atoms. The van der Waals surface area contributed by atoms with Gasteiger partial charge in [0.25, 0.3) is 0 Å². The van der Waals surface area contributed by atoms with Gasteiger partial charge in [0.15, 0.2) is 0 Å². The van der Waals surface area contributed by atoms with Crippen molar-refractivity contribution in [2.75, 3.05) is 13.2 Å².